The molecule has 3 rings (SSSR count). The third kappa shape index (κ3) is 3.82. The summed E-state index contributed by atoms with van der Waals surface area (Å²) >= 11 is 4.87. The Labute approximate surface area is 157 Å². The van der Waals surface area contributed by atoms with E-state index >= 15 is 0 Å². The zero-order valence-corrected chi connectivity index (χ0v) is 16.0. The molecular weight excluding hydrogens is 406 g/mol. The minimum atomic E-state index is 0.178. The molecule has 0 fully saturated rings. The zero-order chi connectivity index (χ0) is 18.0. The Morgan fingerprint density at radius 1 is 1.16 bits per heavy atom. The molecule has 4 N–H and O–H groups in total. The number of benzene rings is 1. The van der Waals surface area contributed by atoms with Crippen LogP contribution in [-0.2, 0) is 5.75 Å². The average Bonchev–Trinajstić information content (AvgIpc) is 2.93. The van der Waals surface area contributed by atoms with Gasteiger partial charge in [0, 0.05) is 24.1 Å². The fraction of sp³-hybridized carbons (Fsp3) is 0.214. The predicted octanol–water partition coefficient (Wildman–Crippen LogP) is 1.55. The van der Waals surface area contributed by atoms with Gasteiger partial charge in [0.05, 0.1) is 5.75 Å². The standard InChI is InChI=1S/C14H16BrN9S/c1-23(2)13-19-10(18-12(16)20-13)7-25-14-22-21-11(24(14)17)8-5-3-4-6-9(8)15/h3-6H,7,17H2,1-2H3,(H2,16,18,19,20). The van der Waals surface area contributed by atoms with Crippen LogP contribution in [0.4, 0.5) is 11.9 Å². The molecule has 0 aliphatic heterocycles. The molecule has 0 amide bonds. The molecule has 9 nitrogen and oxygen atoms in total. The molecule has 0 saturated carbocycles. The molecule has 3 aromatic rings. The van der Waals surface area contributed by atoms with Crippen LogP contribution in [0.5, 0.6) is 0 Å². The van der Waals surface area contributed by atoms with Crippen LogP contribution in [0, 0.1) is 0 Å². The number of hydrogen-bond acceptors (Lipinski definition) is 9. The first-order chi connectivity index (χ1) is 12.0. The molecule has 0 spiro atoms. The number of aromatic nitrogens is 6. The number of halogens is 1. The lowest BCUT2D eigenvalue weighted by Crippen LogP contribution is -2.16. The first-order valence-corrected chi connectivity index (χ1v) is 8.99. The Morgan fingerprint density at radius 3 is 2.64 bits per heavy atom. The minimum absolute atomic E-state index is 0.178. The maximum Gasteiger partial charge on any atom is 0.229 e. The van der Waals surface area contributed by atoms with E-state index in [2.05, 4.69) is 41.1 Å². The monoisotopic (exact) mass is 421 g/mol. The Morgan fingerprint density at radius 2 is 1.92 bits per heavy atom. The van der Waals surface area contributed by atoms with Crippen molar-refractivity contribution in [3.05, 3.63) is 34.6 Å². The van der Waals surface area contributed by atoms with Gasteiger partial charge in [-0.15, -0.1) is 10.2 Å². The average molecular weight is 422 g/mol. The second-order valence-corrected chi connectivity index (χ2v) is 7.05. The zero-order valence-electron chi connectivity index (χ0n) is 13.6. The lowest BCUT2D eigenvalue weighted by atomic mass is 10.2. The number of nitrogen functional groups attached to an aromatic ring is 2. The van der Waals surface area contributed by atoms with Crippen molar-refractivity contribution in [2.75, 3.05) is 30.6 Å². The fourth-order valence-electron chi connectivity index (χ4n) is 2.02. The van der Waals surface area contributed by atoms with Gasteiger partial charge in [0.1, 0.15) is 5.82 Å². The number of hydrogen-bond donors (Lipinski definition) is 2. The van der Waals surface area contributed by atoms with Crippen LogP contribution in [0.15, 0.2) is 33.9 Å². The Hall–Kier alpha value is -2.40. The highest BCUT2D eigenvalue weighted by atomic mass is 79.9. The van der Waals surface area contributed by atoms with Crippen molar-refractivity contribution in [3.8, 4) is 11.4 Å². The molecule has 25 heavy (non-hydrogen) atoms. The predicted molar refractivity (Wildman–Crippen MR) is 101 cm³/mol. The first-order valence-electron chi connectivity index (χ1n) is 7.21. The summed E-state index contributed by atoms with van der Waals surface area (Å²) in [5.74, 6) is 8.38. The summed E-state index contributed by atoms with van der Waals surface area (Å²) in [5.41, 5.74) is 6.60. The largest absolute Gasteiger partial charge is 0.368 e. The second kappa shape index (κ2) is 7.23. The highest BCUT2D eigenvalue weighted by Crippen LogP contribution is 2.28. The highest BCUT2D eigenvalue weighted by Gasteiger charge is 2.15. The van der Waals surface area contributed by atoms with E-state index in [9.17, 15) is 0 Å². The highest BCUT2D eigenvalue weighted by molar-refractivity contribution is 9.10. The normalized spacial score (nSPS) is 10.8. The van der Waals surface area contributed by atoms with Crippen LogP contribution in [0.3, 0.4) is 0 Å². The van der Waals surface area contributed by atoms with Crippen molar-refractivity contribution in [3.63, 3.8) is 0 Å². The van der Waals surface area contributed by atoms with Gasteiger partial charge in [0.15, 0.2) is 5.82 Å². The van der Waals surface area contributed by atoms with Crippen molar-refractivity contribution < 1.29 is 0 Å². The van der Waals surface area contributed by atoms with Gasteiger partial charge in [0.25, 0.3) is 0 Å². The molecule has 0 radical (unpaired) electrons. The summed E-state index contributed by atoms with van der Waals surface area (Å²) in [5, 5.41) is 8.87. The molecule has 0 aliphatic carbocycles. The SMILES string of the molecule is CN(C)c1nc(N)nc(CSc2nnc(-c3ccccc3Br)n2N)n1. The van der Waals surface area contributed by atoms with Crippen molar-refractivity contribution in [2.24, 2.45) is 0 Å². The third-order valence-corrected chi connectivity index (χ3v) is 4.83. The molecule has 11 heteroatoms. The molecule has 0 aliphatic rings. The Balaban J connectivity index is 1.80. The van der Waals surface area contributed by atoms with Crippen molar-refractivity contribution in [1.29, 1.82) is 0 Å². The number of nitrogens with zero attached hydrogens (tertiary/aromatic N) is 7. The summed E-state index contributed by atoms with van der Waals surface area (Å²) in [4.78, 5) is 14.3. The van der Waals surface area contributed by atoms with Crippen LogP contribution >= 0.6 is 27.7 Å². The van der Waals surface area contributed by atoms with E-state index < -0.39 is 0 Å². The summed E-state index contributed by atoms with van der Waals surface area (Å²) in [6.45, 7) is 0. The fourth-order valence-corrected chi connectivity index (χ4v) is 3.19. The molecule has 0 atom stereocenters. The van der Waals surface area contributed by atoms with Gasteiger partial charge in [-0.2, -0.15) is 15.0 Å². The molecule has 2 heterocycles. The van der Waals surface area contributed by atoms with Crippen LogP contribution in [-0.4, -0.2) is 43.9 Å². The Kier molecular flexibility index (Phi) is 5.04. The number of rotatable bonds is 5. The molecule has 2 aromatic heterocycles. The summed E-state index contributed by atoms with van der Waals surface area (Å²) in [6.07, 6.45) is 0. The van der Waals surface area contributed by atoms with E-state index in [-0.39, 0.29) is 5.95 Å². The van der Waals surface area contributed by atoms with E-state index in [0.29, 0.717) is 28.5 Å². The molecule has 0 bridgehead atoms. The lowest BCUT2D eigenvalue weighted by molar-refractivity contribution is 0.846. The summed E-state index contributed by atoms with van der Waals surface area (Å²) < 4.78 is 2.34. The molecule has 1 aromatic carbocycles. The third-order valence-electron chi connectivity index (χ3n) is 3.20. The van der Waals surface area contributed by atoms with E-state index in [1.165, 1.54) is 16.4 Å². The van der Waals surface area contributed by atoms with E-state index in [1.807, 2.05) is 38.4 Å². The van der Waals surface area contributed by atoms with Crippen LogP contribution in [0.25, 0.3) is 11.4 Å². The molecule has 0 unspecified atom stereocenters. The topological polar surface area (TPSA) is 125 Å². The van der Waals surface area contributed by atoms with Crippen molar-refractivity contribution >= 4 is 39.6 Å². The lowest BCUT2D eigenvalue weighted by Gasteiger charge is -2.11. The molecule has 0 saturated heterocycles. The van der Waals surface area contributed by atoms with Gasteiger partial charge in [-0.25, -0.2) is 4.68 Å². The van der Waals surface area contributed by atoms with Gasteiger partial charge in [0.2, 0.25) is 17.1 Å². The molecular formula is C14H16BrN9S. The minimum Gasteiger partial charge on any atom is -0.368 e. The van der Waals surface area contributed by atoms with E-state index in [1.54, 1.807) is 4.90 Å². The smallest absolute Gasteiger partial charge is 0.229 e. The first kappa shape index (κ1) is 17.4. The van der Waals surface area contributed by atoms with Crippen molar-refractivity contribution in [1.82, 2.24) is 29.8 Å². The number of anilines is 2. The quantitative estimate of drug-likeness (QED) is 0.465. The van der Waals surface area contributed by atoms with Crippen LogP contribution in [0.2, 0.25) is 0 Å². The maximum atomic E-state index is 6.14. The van der Waals surface area contributed by atoms with Crippen molar-refractivity contribution in [2.45, 2.75) is 10.9 Å². The number of nitrogens with two attached hydrogens (primary N) is 2. The van der Waals surface area contributed by atoms with E-state index in [0.717, 1.165) is 10.0 Å². The van der Waals surface area contributed by atoms with Gasteiger partial charge in [-0.1, -0.05) is 39.8 Å². The van der Waals surface area contributed by atoms with Gasteiger partial charge < -0.3 is 16.5 Å². The summed E-state index contributed by atoms with van der Waals surface area (Å²) in [6, 6.07) is 7.68. The number of thioether (sulfide) groups is 1. The van der Waals surface area contributed by atoms with Crippen LogP contribution < -0.4 is 16.5 Å². The maximum absolute atomic E-state index is 6.14. The van der Waals surface area contributed by atoms with E-state index in [4.69, 9.17) is 11.6 Å². The molecule has 130 valence electrons. The van der Waals surface area contributed by atoms with Crippen LogP contribution in [0.1, 0.15) is 5.82 Å². The van der Waals surface area contributed by atoms with Gasteiger partial charge >= 0.3 is 0 Å². The van der Waals surface area contributed by atoms with Gasteiger partial charge in [-0.05, 0) is 12.1 Å². The second-order valence-electron chi connectivity index (χ2n) is 5.25. The summed E-state index contributed by atoms with van der Waals surface area (Å²) in [7, 11) is 3.68. The van der Waals surface area contributed by atoms with Gasteiger partial charge in [-0.3, -0.25) is 0 Å². The Bertz CT molecular complexity index is 896.